The van der Waals surface area contributed by atoms with Gasteiger partial charge < -0.3 is 15.5 Å². The van der Waals surface area contributed by atoms with Crippen molar-refractivity contribution in [1.29, 1.82) is 5.26 Å². The van der Waals surface area contributed by atoms with Gasteiger partial charge in [-0.15, -0.1) is 0 Å². The number of nitrogens with one attached hydrogen (secondary N) is 2. The van der Waals surface area contributed by atoms with Crippen LogP contribution in [-0.2, 0) is 0 Å². The molecule has 1 saturated heterocycles. The number of nitriles is 1. The topological polar surface area (TPSA) is 71.4 Å². The summed E-state index contributed by atoms with van der Waals surface area (Å²) in [7, 11) is 0. The third kappa shape index (κ3) is 6.90. The highest BCUT2D eigenvalue weighted by atomic mass is 35.5. The molecule has 3 aromatic carbocycles. The van der Waals surface area contributed by atoms with Gasteiger partial charge in [0.05, 0.1) is 22.7 Å². The Kier molecular flexibility index (Phi) is 9.35. The SMILES string of the molecule is CCCN1CCN(C(CNC(=O)Nc2ccc(F)c(Cl)c2)c2ccc(-c3cccc(C#N)c3)cc2)C(C)C1. The second-order valence-corrected chi connectivity index (χ2v) is 10.1. The Hall–Kier alpha value is -3.44. The van der Waals surface area contributed by atoms with Gasteiger partial charge in [0.2, 0.25) is 0 Å². The molecule has 2 N–H and O–H groups in total. The first kappa shape index (κ1) is 27.6. The van der Waals surface area contributed by atoms with Crippen LogP contribution < -0.4 is 10.6 Å². The maximum atomic E-state index is 13.5. The van der Waals surface area contributed by atoms with Gasteiger partial charge in [-0.05, 0) is 66.9 Å². The molecule has 1 heterocycles. The lowest BCUT2D eigenvalue weighted by Gasteiger charge is -2.44. The van der Waals surface area contributed by atoms with E-state index in [0.29, 0.717) is 23.8 Å². The van der Waals surface area contributed by atoms with E-state index >= 15 is 0 Å². The summed E-state index contributed by atoms with van der Waals surface area (Å²) in [5.74, 6) is -0.531. The van der Waals surface area contributed by atoms with E-state index in [0.717, 1.165) is 49.3 Å². The Bertz CT molecular complexity index is 1290. The lowest BCUT2D eigenvalue weighted by Crippen LogP contribution is -2.54. The summed E-state index contributed by atoms with van der Waals surface area (Å²) in [4.78, 5) is 17.7. The third-order valence-corrected chi connectivity index (χ3v) is 7.25. The number of benzene rings is 3. The number of nitrogens with zero attached hydrogens (tertiary/aromatic N) is 3. The molecule has 0 saturated carbocycles. The first-order valence-corrected chi connectivity index (χ1v) is 13.3. The predicted octanol–water partition coefficient (Wildman–Crippen LogP) is 6.30. The number of carbonyl (C=O) groups is 1. The van der Waals surface area contributed by atoms with Gasteiger partial charge in [-0.3, -0.25) is 4.90 Å². The molecule has 1 aliphatic heterocycles. The van der Waals surface area contributed by atoms with Gasteiger partial charge in [-0.2, -0.15) is 5.26 Å². The van der Waals surface area contributed by atoms with E-state index in [1.54, 1.807) is 6.07 Å². The highest BCUT2D eigenvalue weighted by Crippen LogP contribution is 2.28. The van der Waals surface area contributed by atoms with Crippen LogP contribution in [0.5, 0.6) is 0 Å². The maximum absolute atomic E-state index is 13.5. The number of hydrogen-bond donors (Lipinski definition) is 2. The summed E-state index contributed by atoms with van der Waals surface area (Å²) in [6.45, 7) is 8.77. The highest BCUT2D eigenvalue weighted by molar-refractivity contribution is 6.31. The van der Waals surface area contributed by atoms with Crippen molar-refractivity contribution in [2.75, 3.05) is 38.0 Å². The van der Waals surface area contributed by atoms with Crippen molar-refractivity contribution in [3.63, 3.8) is 0 Å². The Labute approximate surface area is 229 Å². The molecular formula is C30H33ClFN5O. The minimum atomic E-state index is -0.531. The van der Waals surface area contributed by atoms with E-state index in [2.05, 4.69) is 64.6 Å². The molecule has 1 fully saturated rings. The van der Waals surface area contributed by atoms with Crippen molar-refractivity contribution in [1.82, 2.24) is 15.1 Å². The average Bonchev–Trinajstić information content (AvgIpc) is 2.92. The van der Waals surface area contributed by atoms with Crippen molar-refractivity contribution < 1.29 is 9.18 Å². The molecule has 198 valence electrons. The molecule has 0 radical (unpaired) electrons. The fourth-order valence-corrected chi connectivity index (χ4v) is 5.24. The summed E-state index contributed by atoms with van der Waals surface area (Å²) in [5, 5.41) is 14.9. The molecule has 2 unspecified atom stereocenters. The Morgan fingerprint density at radius 2 is 1.92 bits per heavy atom. The summed E-state index contributed by atoms with van der Waals surface area (Å²) < 4.78 is 13.5. The Balaban J connectivity index is 1.52. The van der Waals surface area contributed by atoms with Gasteiger partial charge in [-0.1, -0.05) is 54.9 Å². The monoisotopic (exact) mass is 533 g/mol. The third-order valence-electron chi connectivity index (χ3n) is 6.96. The first-order valence-electron chi connectivity index (χ1n) is 13.0. The number of rotatable bonds is 8. The van der Waals surface area contributed by atoms with Crippen LogP contribution in [-0.4, -0.2) is 54.6 Å². The molecule has 4 rings (SSSR count). The molecule has 2 atom stereocenters. The molecule has 1 aliphatic rings. The largest absolute Gasteiger partial charge is 0.336 e. The highest BCUT2D eigenvalue weighted by Gasteiger charge is 2.30. The lowest BCUT2D eigenvalue weighted by atomic mass is 9.97. The summed E-state index contributed by atoms with van der Waals surface area (Å²) in [6, 6.07) is 22.1. The molecule has 8 heteroatoms. The van der Waals surface area contributed by atoms with E-state index in [1.165, 1.54) is 18.2 Å². The number of anilines is 1. The molecule has 3 aromatic rings. The van der Waals surface area contributed by atoms with Gasteiger partial charge in [0.25, 0.3) is 0 Å². The van der Waals surface area contributed by atoms with Crippen LogP contribution in [0.3, 0.4) is 0 Å². The van der Waals surface area contributed by atoms with Crippen LogP contribution in [0, 0.1) is 17.1 Å². The van der Waals surface area contributed by atoms with Gasteiger partial charge in [-0.25, -0.2) is 9.18 Å². The normalized spacial score (nSPS) is 17.0. The number of amides is 2. The molecule has 2 amide bonds. The van der Waals surface area contributed by atoms with E-state index in [4.69, 9.17) is 11.6 Å². The van der Waals surface area contributed by atoms with Crippen molar-refractivity contribution in [2.45, 2.75) is 32.4 Å². The number of piperazine rings is 1. The standard InChI is InChI=1S/C30H33ClFN5O/c1-3-13-36-14-15-37(21(2)20-36)29(19-34-30(38)35-26-11-12-28(32)27(31)17-26)24-9-7-23(8-10-24)25-6-4-5-22(16-25)18-33/h4-12,16-17,21,29H,3,13-15,19-20H2,1-2H3,(H2,34,35,38). The Morgan fingerprint density at radius 1 is 1.13 bits per heavy atom. The quantitative estimate of drug-likeness (QED) is 0.356. The molecule has 0 aromatic heterocycles. The van der Waals surface area contributed by atoms with E-state index in [-0.39, 0.29) is 17.1 Å². The van der Waals surface area contributed by atoms with E-state index in [1.807, 2.05) is 18.2 Å². The van der Waals surface area contributed by atoms with Crippen LogP contribution in [0.2, 0.25) is 5.02 Å². The van der Waals surface area contributed by atoms with E-state index < -0.39 is 5.82 Å². The lowest BCUT2D eigenvalue weighted by molar-refractivity contribution is 0.0490. The van der Waals surface area contributed by atoms with Crippen molar-refractivity contribution in [3.05, 3.63) is 88.7 Å². The van der Waals surface area contributed by atoms with Crippen LogP contribution in [0.15, 0.2) is 66.7 Å². The molecule has 0 bridgehead atoms. The summed E-state index contributed by atoms with van der Waals surface area (Å²) in [5.41, 5.74) is 4.18. The molecular weight excluding hydrogens is 501 g/mol. The fraction of sp³-hybridized carbons (Fsp3) is 0.333. The minimum Gasteiger partial charge on any atom is -0.336 e. The second kappa shape index (κ2) is 12.9. The molecule has 6 nitrogen and oxygen atoms in total. The molecule has 38 heavy (non-hydrogen) atoms. The van der Waals surface area contributed by atoms with Crippen LogP contribution in [0.1, 0.15) is 37.4 Å². The molecule has 0 spiro atoms. The van der Waals surface area contributed by atoms with Gasteiger partial charge in [0, 0.05) is 37.9 Å². The van der Waals surface area contributed by atoms with Gasteiger partial charge >= 0.3 is 6.03 Å². The zero-order chi connectivity index (χ0) is 27.1. The van der Waals surface area contributed by atoms with Crippen LogP contribution in [0.25, 0.3) is 11.1 Å². The zero-order valence-electron chi connectivity index (χ0n) is 21.8. The zero-order valence-corrected chi connectivity index (χ0v) is 22.5. The second-order valence-electron chi connectivity index (χ2n) is 9.68. The van der Waals surface area contributed by atoms with E-state index in [9.17, 15) is 14.4 Å². The molecule has 0 aliphatic carbocycles. The summed E-state index contributed by atoms with van der Waals surface area (Å²) >= 11 is 5.86. The maximum Gasteiger partial charge on any atom is 0.319 e. The Morgan fingerprint density at radius 3 is 2.61 bits per heavy atom. The smallest absolute Gasteiger partial charge is 0.319 e. The number of urea groups is 1. The first-order chi connectivity index (χ1) is 18.4. The number of carbonyl (C=O) groups excluding carboxylic acids is 1. The minimum absolute atomic E-state index is 0.0316. The van der Waals surface area contributed by atoms with Crippen LogP contribution >= 0.6 is 11.6 Å². The predicted molar refractivity (Wildman–Crippen MR) is 151 cm³/mol. The van der Waals surface area contributed by atoms with Crippen molar-refractivity contribution in [3.8, 4) is 17.2 Å². The van der Waals surface area contributed by atoms with Crippen molar-refractivity contribution in [2.24, 2.45) is 0 Å². The van der Waals surface area contributed by atoms with Crippen LogP contribution in [0.4, 0.5) is 14.9 Å². The average molecular weight is 534 g/mol. The number of hydrogen-bond acceptors (Lipinski definition) is 4. The van der Waals surface area contributed by atoms with Gasteiger partial charge in [0.15, 0.2) is 0 Å². The van der Waals surface area contributed by atoms with Gasteiger partial charge in [0.1, 0.15) is 5.82 Å². The summed E-state index contributed by atoms with van der Waals surface area (Å²) in [6.07, 6.45) is 1.12. The van der Waals surface area contributed by atoms with Crippen molar-refractivity contribution >= 4 is 23.3 Å². The number of halogens is 2. The fourth-order valence-electron chi connectivity index (χ4n) is 5.06.